The zero-order valence-electron chi connectivity index (χ0n) is 18.5. The number of benzene rings is 2. The van der Waals surface area contributed by atoms with Gasteiger partial charge in [0, 0.05) is 38.8 Å². The predicted molar refractivity (Wildman–Crippen MR) is 119 cm³/mol. The highest BCUT2D eigenvalue weighted by atomic mass is 16.6. The molecule has 1 unspecified atom stereocenters. The topological polar surface area (TPSA) is 51.2 Å². The first-order valence-corrected chi connectivity index (χ1v) is 11.2. The maximum atomic E-state index is 12.3. The first-order valence-electron chi connectivity index (χ1n) is 11.2. The minimum Gasteiger partial charge on any atom is -0.486 e. The van der Waals surface area contributed by atoms with Crippen LogP contribution in [0.3, 0.4) is 0 Å². The molecule has 0 amide bonds. The molecule has 2 aliphatic rings. The van der Waals surface area contributed by atoms with Crippen LogP contribution in [-0.2, 0) is 22.6 Å². The molecule has 0 N–H and O–H groups in total. The average Bonchev–Trinajstić information content (AvgIpc) is 2.77. The molecule has 2 aromatic carbocycles. The number of rotatable bonds is 7. The Kier molecular flexibility index (Phi) is 7.10. The van der Waals surface area contributed by atoms with Gasteiger partial charge < -0.3 is 14.2 Å². The van der Waals surface area contributed by atoms with Crippen LogP contribution in [0.4, 0.5) is 0 Å². The molecule has 166 valence electrons. The van der Waals surface area contributed by atoms with Crippen LogP contribution >= 0.6 is 0 Å². The van der Waals surface area contributed by atoms with E-state index in [1.54, 1.807) is 0 Å². The molecule has 2 heterocycles. The second-order valence-corrected chi connectivity index (χ2v) is 8.33. The lowest BCUT2D eigenvalue weighted by molar-refractivity contribution is -0.145. The average molecular weight is 425 g/mol. The van der Waals surface area contributed by atoms with Gasteiger partial charge in [0.15, 0.2) is 11.5 Å². The van der Waals surface area contributed by atoms with Gasteiger partial charge >= 0.3 is 5.97 Å². The van der Waals surface area contributed by atoms with Crippen LogP contribution in [0.15, 0.2) is 42.5 Å². The Balaban J connectivity index is 1.43. The molecule has 6 heteroatoms. The maximum Gasteiger partial charge on any atom is 0.307 e. The van der Waals surface area contributed by atoms with E-state index in [1.807, 2.05) is 13.0 Å². The van der Waals surface area contributed by atoms with E-state index in [0.717, 1.165) is 44.2 Å². The number of ether oxygens (including phenoxy) is 3. The number of nitrogens with zero attached hydrogens (tertiary/aromatic N) is 2. The molecule has 0 aliphatic carbocycles. The van der Waals surface area contributed by atoms with Gasteiger partial charge in [-0.3, -0.25) is 14.6 Å². The Morgan fingerprint density at radius 2 is 1.74 bits per heavy atom. The second-order valence-electron chi connectivity index (χ2n) is 8.33. The number of esters is 1. The summed E-state index contributed by atoms with van der Waals surface area (Å²) in [6.07, 6.45) is 0.414. The zero-order valence-corrected chi connectivity index (χ0v) is 18.5. The van der Waals surface area contributed by atoms with Gasteiger partial charge in [-0.15, -0.1) is 0 Å². The van der Waals surface area contributed by atoms with E-state index < -0.39 is 0 Å². The SMILES string of the molecule is CCOC(=O)CC1CN(Cc2ccc3c(c2)OCCO3)CCN1Cc1ccc(C)cc1. The fraction of sp³-hybridized carbons (Fsp3) is 0.480. The van der Waals surface area contributed by atoms with Gasteiger partial charge in [-0.2, -0.15) is 0 Å². The fourth-order valence-electron chi connectivity index (χ4n) is 4.29. The second kappa shape index (κ2) is 10.2. The summed E-state index contributed by atoms with van der Waals surface area (Å²) in [5.41, 5.74) is 3.74. The Labute approximate surface area is 184 Å². The lowest BCUT2D eigenvalue weighted by Crippen LogP contribution is -2.53. The molecule has 1 fully saturated rings. The summed E-state index contributed by atoms with van der Waals surface area (Å²) >= 11 is 0. The number of hydrogen-bond acceptors (Lipinski definition) is 6. The van der Waals surface area contributed by atoms with Crippen molar-refractivity contribution in [3.05, 3.63) is 59.2 Å². The van der Waals surface area contributed by atoms with Crippen molar-refractivity contribution in [1.82, 2.24) is 9.80 Å². The summed E-state index contributed by atoms with van der Waals surface area (Å²) < 4.78 is 16.6. The number of carbonyl (C=O) groups excluding carboxylic acids is 1. The quantitative estimate of drug-likeness (QED) is 0.635. The van der Waals surface area contributed by atoms with Crippen LogP contribution < -0.4 is 9.47 Å². The Morgan fingerprint density at radius 1 is 1.00 bits per heavy atom. The van der Waals surface area contributed by atoms with Crippen molar-refractivity contribution in [3.8, 4) is 11.5 Å². The van der Waals surface area contributed by atoms with Gasteiger partial charge in [0.1, 0.15) is 13.2 Å². The molecule has 0 saturated carbocycles. The van der Waals surface area contributed by atoms with Crippen LogP contribution in [-0.4, -0.2) is 61.3 Å². The third kappa shape index (κ3) is 5.77. The van der Waals surface area contributed by atoms with E-state index in [-0.39, 0.29) is 12.0 Å². The van der Waals surface area contributed by atoms with Crippen LogP contribution in [0.5, 0.6) is 11.5 Å². The number of piperazine rings is 1. The normalized spacial score (nSPS) is 19.2. The molecule has 4 rings (SSSR count). The van der Waals surface area contributed by atoms with Crippen molar-refractivity contribution < 1.29 is 19.0 Å². The van der Waals surface area contributed by atoms with Crippen molar-refractivity contribution in [1.29, 1.82) is 0 Å². The third-order valence-electron chi connectivity index (χ3n) is 5.92. The zero-order chi connectivity index (χ0) is 21.6. The molecule has 2 aromatic rings. The first-order chi connectivity index (χ1) is 15.1. The number of aryl methyl sites for hydroxylation is 1. The lowest BCUT2D eigenvalue weighted by atomic mass is 10.0. The number of hydrogen-bond donors (Lipinski definition) is 0. The van der Waals surface area contributed by atoms with Crippen molar-refractivity contribution in [2.75, 3.05) is 39.5 Å². The summed E-state index contributed by atoms with van der Waals surface area (Å²) in [4.78, 5) is 17.1. The Hall–Kier alpha value is -2.57. The van der Waals surface area contributed by atoms with Crippen molar-refractivity contribution >= 4 is 5.97 Å². The van der Waals surface area contributed by atoms with Gasteiger partial charge in [-0.25, -0.2) is 0 Å². The predicted octanol–water partition coefficient (Wildman–Crippen LogP) is 3.41. The van der Waals surface area contributed by atoms with Gasteiger partial charge in [-0.05, 0) is 37.1 Å². The summed E-state index contributed by atoms with van der Waals surface area (Å²) in [6.45, 7) is 9.96. The molecule has 6 nitrogen and oxygen atoms in total. The lowest BCUT2D eigenvalue weighted by Gasteiger charge is -2.41. The third-order valence-corrected chi connectivity index (χ3v) is 5.92. The highest BCUT2D eigenvalue weighted by Gasteiger charge is 2.29. The molecule has 1 atom stereocenters. The summed E-state index contributed by atoms with van der Waals surface area (Å²) in [5, 5.41) is 0. The van der Waals surface area contributed by atoms with E-state index >= 15 is 0 Å². The van der Waals surface area contributed by atoms with Crippen LogP contribution in [0, 0.1) is 6.92 Å². The van der Waals surface area contributed by atoms with Crippen LogP contribution in [0.2, 0.25) is 0 Å². The smallest absolute Gasteiger partial charge is 0.307 e. The van der Waals surface area contributed by atoms with Gasteiger partial charge in [-0.1, -0.05) is 35.9 Å². The molecular weight excluding hydrogens is 392 g/mol. The van der Waals surface area contributed by atoms with E-state index in [9.17, 15) is 4.79 Å². The summed E-state index contributed by atoms with van der Waals surface area (Å²) in [6, 6.07) is 15.0. The standard InChI is InChI=1S/C25H32N2O4/c1-3-29-25(28)15-22-18-26(10-11-27(22)17-20-6-4-19(2)5-7-20)16-21-8-9-23-24(14-21)31-13-12-30-23/h4-9,14,22H,3,10-13,15-18H2,1-2H3. The van der Waals surface area contributed by atoms with E-state index in [2.05, 4.69) is 53.1 Å². The maximum absolute atomic E-state index is 12.3. The largest absolute Gasteiger partial charge is 0.486 e. The molecular formula is C25H32N2O4. The summed E-state index contributed by atoms with van der Waals surface area (Å²) in [7, 11) is 0. The highest BCUT2D eigenvalue weighted by Crippen LogP contribution is 2.31. The number of carbonyl (C=O) groups is 1. The molecule has 0 bridgehead atoms. The van der Waals surface area contributed by atoms with E-state index in [0.29, 0.717) is 26.2 Å². The fourth-order valence-corrected chi connectivity index (χ4v) is 4.29. The van der Waals surface area contributed by atoms with Crippen molar-refractivity contribution in [2.45, 2.75) is 39.4 Å². The molecule has 0 spiro atoms. The summed E-state index contributed by atoms with van der Waals surface area (Å²) in [5.74, 6) is 1.52. The van der Waals surface area contributed by atoms with E-state index in [4.69, 9.17) is 14.2 Å². The number of fused-ring (bicyclic) bond motifs is 1. The molecule has 2 aliphatic heterocycles. The molecule has 0 aromatic heterocycles. The first kappa shape index (κ1) is 21.7. The Bertz CT molecular complexity index is 884. The van der Waals surface area contributed by atoms with Crippen LogP contribution in [0.1, 0.15) is 30.0 Å². The van der Waals surface area contributed by atoms with Gasteiger partial charge in [0.25, 0.3) is 0 Å². The van der Waals surface area contributed by atoms with Gasteiger partial charge in [0.05, 0.1) is 13.0 Å². The van der Waals surface area contributed by atoms with Crippen molar-refractivity contribution in [3.63, 3.8) is 0 Å². The minimum atomic E-state index is -0.123. The van der Waals surface area contributed by atoms with Gasteiger partial charge in [0.2, 0.25) is 0 Å². The molecule has 31 heavy (non-hydrogen) atoms. The van der Waals surface area contributed by atoms with Crippen molar-refractivity contribution in [2.24, 2.45) is 0 Å². The Morgan fingerprint density at radius 3 is 2.52 bits per heavy atom. The molecule has 1 saturated heterocycles. The van der Waals surface area contributed by atoms with Crippen LogP contribution in [0.25, 0.3) is 0 Å². The van der Waals surface area contributed by atoms with E-state index in [1.165, 1.54) is 16.7 Å². The monoisotopic (exact) mass is 424 g/mol. The minimum absolute atomic E-state index is 0.123. The highest BCUT2D eigenvalue weighted by molar-refractivity contribution is 5.70. The molecule has 0 radical (unpaired) electrons.